The summed E-state index contributed by atoms with van der Waals surface area (Å²) >= 11 is 0. The normalized spacial score (nSPS) is 11.6. The smallest absolute Gasteiger partial charge is 0.235 e. The summed E-state index contributed by atoms with van der Waals surface area (Å²) in [6, 6.07) is 17.7. The van der Waals surface area contributed by atoms with Crippen molar-refractivity contribution in [2.24, 2.45) is 0 Å². The number of unbranched alkanes of at least 4 members (excludes halogenated alkanes) is 1. The number of benzene rings is 2. The largest absolute Gasteiger partial charge is 0.355 e. The van der Waals surface area contributed by atoms with E-state index in [9.17, 15) is 13.2 Å². The van der Waals surface area contributed by atoms with Crippen LogP contribution >= 0.6 is 0 Å². The van der Waals surface area contributed by atoms with Crippen LogP contribution in [-0.4, -0.2) is 27.4 Å². The SMILES string of the molecule is Cc1ccc(/C=C/S(=O)(=O)NCC(=O)NCCCCc2ccccc2)cc1. The monoisotopic (exact) mass is 386 g/mol. The minimum absolute atomic E-state index is 0.265. The van der Waals surface area contributed by atoms with Gasteiger partial charge in [-0.1, -0.05) is 60.2 Å². The van der Waals surface area contributed by atoms with Gasteiger partial charge >= 0.3 is 0 Å². The fourth-order valence-corrected chi connectivity index (χ4v) is 3.21. The second-order valence-corrected chi connectivity index (χ2v) is 8.02. The fraction of sp³-hybridized carbons (Fsp3) is 0.286. The van der Waals surface area contributed by atoms with Gasteiger partial charge in [0.1, 0.15) is 0 Å². The zero-order valence-electron chi connectivity index (χ0n) is 15.5. The summed E-state index contributed by atoms with van der Waals surface area (Å²) in [5.41, 5.74) is 3.17. The van der Waals surface area contributed by atoms with E-state index in [-0.39, 0.29) is 12.5 Å². The van der Waals surface area contributed by atoms with Crippen LogP contribution in [0, 0.1) is 6.92 Å². The van der Waals surface area contributed by atoms with E-state index in [0.29, 0.717) is 6.54 Å². The maximum absolute atomic E-state index is 11.9. The van der Waals surface area contributed by atoms with Gasteiger partial charge in [-0.05, 0) is 43.4 Å². The molecule has 0 radical (unpaired) electrons. The standard InChI is InChI=1S/C21H26N2O3S/c1-18-10-12-20(13-11-18)14-16-27(25,26)23-17-21(24)22-15-6-5-9-19-7-3-2-4-8-19/h2-4,7-8,10-14,16,23H,5-6,9,15,17H2,1H3,(H,22,24)/b16-14+. The van der Waals surface area contributed by atoms with Gasteiger partial charge in [0, 0.05) is 12.0 Å². The second kappa shape index (κ2) is 10.6. The van der Waals surface area contributed by atoms with E-state index in [4.69, 9.17) is 0 Å². The molecule has 0 saturated carbocycles. The van der Waals surface area contributed by atoms with E-state index in [1.807, 2.05) is 49.4 Å². The highest BCUT2D eigenvalue weighted by molar-refractivity contribution is 7.92. The number of hydrogen-bond acceptors (Lipinski definition) is 3. The molecule has 0 bridgehead atoms. The highest BCUT2D eigenvalue weighted by Crippen LogP contribution is 2.06. The van der Waals surface area contributed by atoms with Crippen LogP contribution in [0.3, 0.4) is 0 Å². The van der Waals surface area contributed by atoms with Crippen LogP contribution in [0.25, 0.3) is 6.08 Å². The van der Waals surface area contributed by atoms with Crippen molar-refractivity contribution < 1.29 is 13.2 Å². The Morgan fingerprint density at radius 1 is 1.00 bits per heavy atom. The van der Waals surface area contributed by atoms with E-state index in [0.717, 1.165) is 35.8 Å². The van der Waals surface area contributed by atoms with E-state index in [2.05, 4.69) is 22.2 Å². The van der Waals surface area contributed by atoms with Crippen molar-refractivity contribution >= 4 is 22.0 Å². The molecule has 0 aliphatic rings. The van der Waals surface area contributed by atoms with Crippen molar-refractivity contribution in [3.63, 3.8) is 0 Å². The van der Waals surface area contributed by atoms with Gasteiger partial charge in [-0.2, -0.15) is 0 Å². The zero-order valence-corrected chi connectivity index (χ0v) is 16.3. The molecule has 144 valence electrons. The van der Waals surface area contributed by atoms with E-state index >= 15 is 0 Å². The highest BCUT2D eigenvalue weighted by atomic mass is 32.2. The lowest BCUT2D eigenvalue weighted by atomic mass is 10.1. The summed E-state index contributed by atoms with van der Waals surface area (Å²) in [6.45, 7) is 2.23. The Hall–Kier alpha value is -2.44. The molecule has 2 rings (SSSR count). The summed E-state index contributed by atoms with van der Waals surface area (Å²) < 4.78 is 26.1. The lowest BCUT2D eigenvalue weighted by molar-refractivity contribution is -0.119. The van der Waals surface area contributed by atoms with Gasteiger partial charge in [-0.15, -0.1) is 0 Å². The lowest BCUT2D eigenvalue weighted by Crippen LogP contribution is -2.36. The Morgan fingerprint density at radius 3 is 2.41 bits per heavy atom. The predicted octanol–water partition coefficient (Wildman–Crippen LogP) is 3.02. The first-order valence-corrected chi connectivity index (χ1v) is 10.5. The molecule has 0 spiro atoms. The van der Waals surface area contributed by atoms with Gasteiger partial charge in [-0.25, -0.2) is 13.1 Å². The van der Waals surface area contributed by atoms with Crippen molar-refractivity contribution in [2.45, 2.75) is 26.2 Å². The first-order chi connectivity index (χ1) is 12.9. The molecule has 0 heterocycles. The van der Waals surface area contributed by atoms with Gasteiger partial charge in [0.2, 0.25) is 15.9 Å². The summed E-state index contributed by atoms with van der Waals surface area (Å²) in [6.07, 6.45) is 4.28. The number of nitrogens with one attached hydrogen (secondary N) is 2. The van der Waals surface area contributed by atoms with Crippen LogP contribution < -0.4 is 10.0 Å². The molecule has 0 fully saturated rings. The number of rotatable bonds is 10. The average Bonchev–Trinajstić information content (AvgIpc) is 2.67. The maximum Gasteiger partial charge on any atom is 0.235 e. The molecular formula is C21H26N2O3S. The van der Waals surface area contributed by atoms with Gasteiger partial charge in [0.15, 0.2) is 0 Å². The molecule has 1 amide bonds. The molecule has 0 aliphatic heterocycles. The molecule has 0 unspecified atom stereocenters. The van der Waals surface area contributed by atoms with Crippen LogP contribution in [-0.2, 0) is 21.2 Å². The Kier molecular flexibility index (Phi) is 8.23. The molecule has 5 nitrogen and oxygen atoms in total. The first kappa shape index (κ1) is 20.9. The van der Waals surface area contributed by atoms with Crippen LogP contribution in [0.1, 0.15) is 29.5 Å². The summed E-state index contributed by atoms with van der Waals surface area (Å²) in [7, 11) is -3.65. The Balaban J connectivity index is 1.64. The quantitative estimate of drug-likeness (QED) is 0.616. The Labute approximate surface area is 161 Å². The van der Waals surface area contributed by atoms with Gasteiger partial charge in [0.05, 0.1) is 6.54 Å². The third-order valence-corrected chi connectivity index (χ3v) is 5.05. The topological polar surface area (TPSA) is 75.3 Å². The van der Waals surface area contributed by atoms with Crippen LogP contribution in [0.4, 0.5) is 0 Å². The second-order valence-electron chi connectivity index (χ2n) is 6.37. The van der Waals surface area contributed by atoms with E-state index < -0.39 is 10.0 Å². The summed E-state index contributed by atoms with van der Waals surface area (Å²) in [5.74, 6) is -0.331. The molecule has 0 aliphatic carbocycles. The summed E-state index contributed by atoms with van der Waals surface area (Å²) in [4.78, 5) is 11.8. The Bertz CT molecular complexity index is 845. The molecule has 6 heteroatoms. The molecule has 2 aromatic rings. The van der Waals surface area contributed by atoms with Crippen LogP contribution in [0.5, 0.6) is 0 Å². The number of sulfonamides is 1. The third kappa shape index (κ3) is 8.66. The number of hydrogen-bond donors (Lipinski definition) is 2. The maximum atomic E-state index is 11.9. The molecule has 27 heavy (non-hydrogen) atoms. The summed E-state index contributed by atoms with van der Waals surface area (Å²) in [5, 5.41) is 3.81. The fourth-order valence-electron chi connectivity index (χ4n) is 2.45. The molecule has 0 aromatic heterocycles. The minimum Gasteiger partial charge on any atom is -0.355 e. The van der Waals surface area contributed by atoms with Gasteiger partial charge < -0.3 is 5.32 Å². The molecule has 2 aromatic carbocycles. The minimum atomic E-state index is -3.65. The Morgan fingerprint density at radius 2 is 1.70 bits per heavy atom. The van der Waals surface area contributed by atoms with E-state index in [1.54, 1.807) is 0 Å². The van der Waals surface area contributed by atoms with Crippen molar-refractivity contribution in [1.29, 1.82) is 0 Å². The van der Waals surface area contributed by atoms with Crippen molar-refractivity contribution in [1.82, 2.24) is 10.0 Å². The predicted molar refractivity (Wildman–Crippen MR) is 110 cm³/mol. The molecule has 0 atom stereocenters. The number of amides is 1. The average molecular weight is 387 g/mol. The number of aryl methyl sites for hydroxylation is 2. The third-order valence-electron chi connectivity index (χ3n) is 4.01. The van der Waals surface area contributed by atoms with Gasteiger partial charge in [-0.3, -0.25) is 4.79 Å². The molecule has 0 saturated heterocycles. The molecule has 2 N–H and O–H groups in total. The van der Waals surface area contributed by atoms with Crippen LogP contribution in [0.15, 0.2) is 60.0 Å². The lowest BCUT2D eigenvalue weighted by Gasteiger charge is -2.06. The van der Waals surface area contributed by atoms with E-state index in [1.165, 1.54) is 11.6 Å². The number of carbonyl (C=O) groups excluding carboxylic acids is 1. The van der Waals surface area contributed by atoms with Crippen molar-refractivity contribution in [3.8, 4) is 0 Å². The van der Waals surface area contributed by atoms with Crippen LogP contribution in [0.2, 0.25) is 0 Å². The van der Waals surface area contributed by atoms with Crippen molar-refractivity contribution in [3.05, 3.63) is 76.7 Å². The molecular weight excluding hydrogens is 360 g/mol. The zero-order chi connectivity index (χ0) is 19.5. The highest BCUT2D eigenvalue weighted by Gasteiger charge is 2.08. The first-order valence-electron chi connectivity index (χ1n) is 9.00. The van der Waals surface area contributed by atoms with Crippen molar-refractivity contribution in [2.75, 3.05) is 13.1 Å². The van der Waals surface area contributed by atoms with Gasteiger partial charge in [0.25, 0.3) is 0 Å². The number of carbonyl (C=O) groups is 1.